The van der Waals surface area contributed by atoms with Crippen LogP contribution in [0.5, 0.6) is 0 Å². The van der Waals surface area contributed by atoms with Crippen LogP contribution in [0.3, 0.4) is 0 Å². The molecule has 0 aromatic carbocycles. The first-order valence-electron chi connectivity index (χ1n) is 5.13. The van der Waals surface area contributed by atoms with E-state index < -0.39 is 0 Å². The van der Waals surface area contributed by atoms with Crippen LogP contribution in [0.15, 0.2) is 0 Å². The molecule has 3 atom stereocenters. The van der Waals surface area contributed by atoms with Gasteiger partial charge in [0, 0.05) is 16.9 Å². The van der Waals surface area contributed by atoms with Crippen molar-refractivity contribution in [2.24, 2.45) is 10.8 Å². The summed E-state index contributed by atoms with van der Waals surface area (Å²) in [6.45, 7) is 8.65. The molecule has 2 nitrogen and oxygen atoms in total. The zero-order chi connectivity index (χ0) is 10.4. The largest absolute Gasteiger partial charge is 0.392 e. The molecule has 0 heterocycles. The van der Waals surface area contributed by atoms with Gasteiger partial charge < -0.3 is 10.0 Å². The molecule has 1 aliphatic carbocycles. The van der Waals surface area contributed by atoms with Crippen molar-refractivity contribution in [3.63, 3.8) is 0 Å². The van der Waals surface area contributed by atoms with E-state index in [1.807, 2.05) is 0 Å². The van der Waals surface area contributed by atoms with Crippen molar-refractivity contribution in [2.45, 2.75) is 46.3 Å². The average molecular weight is 185 g/mol. The Bertz CT molecular complexity index is 200. The number of hydrogen-bond acceptors (Lipinski definition) is 2. The summed E-state index contributed by atoms with van der Waals surface area (Å²) in [5, 5.41) is 10.1. The quantitative estimate of drug-likeness (QED) is 0.708. The number of aliphatic hydroxyl groups is 1. The fourth-order valence-electron chi connectivity index (χ4n) is 3.54. The monoisotopic (exact) mass is 185 g/mol. The van der Waals surface area contributed by atoms with Crippen LogP contribution >= 0.6 is 0 Å². The molecular formula is C11H23NO. The molecule has 0 bridgehead atoms. The fraction of sp³-hybridized carbons (Fsp3) is 1.00. The summed E-state index contributed by atoms with van der Waals surface area (Å²) in [7, 11) is 4.21. The predicted octanol–water partition coefficient (Wildman–Crippen LogP) is 1.73. The number of aliphatic hydroxyl groups excluding tert-OH is 1. The van der Waals surface area contributed by atoms with E-state index in [1.54, 1.807) is 0 Å². The van der Waals surface area contributed by atoms with Crippen LogP contribution in [0.4, 0.5) is 0 Å². The minimum absolute atomic E-state index is 0.0360. The first-order chi connectivity index (χ1) is 5.78. The van der Waals surface area contributed by atoms with E-state index in [9.17, 15) is 5.11 Å². The summed E-state index contributed by atoms with van der Waals surface area (Å²) in [5.74, 6) is 0. The van der Waals surface area contributed by atoms with Crippen LogP contribution < -0.4 is 0 Å². The van der Waals surface area contributed by atoms with Gasteiger partial charge >= 0.3 is 0 Å². The molecule has 0 spiro atoms. The van der Waals surface area contributed by atoms with Gasteiger partial charge in [0.15, 0.2) is 0 Å². The maximum absolute atomic E-state index is 10.1. The molecule has 1 fully saturated rings. The Balaban J connectivity index is 2.91. The average Bonchev–Trinajstić information content (AvgIpc) is 2.01. The van der Waals surface area contributed by atoms with E-state index in [0.29, 0.717) is 6.04 Å². The Morgan fingerprint density at radius 1 is 1.23 bits per heavy atom. The van der Waals surface area contributed by atoms with Gasteiger partial charge in [0.05, 0.1) is 6.10 Å². The van der Waals surface area contributed by atoms with Crippen LogP contribution in [0.1, 0.15) is 34.1 Å². The zero-order valence-corrected chi connectivity index (χ0v) is 9.76. The lowest BCUT2D eigenvalue weighted by Crippen LogP contribution is -2.72. The van der Waals surface area contributed by atoms with Gasteiger partial charge in [-0.2, -0.15) is 0 Å². The van der Waals surface area contributed by atoms with Gasteiger partial charge in [0.2, 0.25) is 0 Å². The van der Waals surface area contributed by atoms with E-state index in [0.717, 1.165) is 6.42 Å². The maximum atomic E-state index is 10.1. The van der Waals surface area contributed by atoms with Gasteiger partial charge in [0.25, 0.3) is 0 Å². The summed E-state index contributed by atoms with van der Waals surface area (Å²) in [4.78, 5) is 2.25. The Morgan fingerprint density at radius 3 is 1.92 bits per heavy atom. The molecule has 1 N–H and O–H groups in total. The maximum Gasteiger partial charge on any atom is 0.0674 e. The Morgan fingerprint density at radius 2 is 1.69 bits per heavy atom. The van der Waals surface area contributed by atoms with Gasteiger partial charge in [-0.15, -0.1) is 0 Å². The first-order valence-corrected chi connectivity index (χ1v) is 5.13. The topological polar surface area (TPSA) is 23.5 Å². The minimum atomic E-state index is -0.169. The van der Waals surface area contributed by atoms with Crippen molar-refractivity contribution < 1.29 is 5.11 Å². The highest BCUT2D eigenvalue weighted by molar-refractivity contribution is 5.15. The second-order valence-electron chi connectivity index (χ2n) is 5.45. The van der Waals surface area contributed by atoms with Gasteiger partial charge in [-0.3, -0.25) is 0 Å². The van der Waals surface area contributed by atoms with Crippen molar-refractivity contribution in [3.05, 3.63) is 0 Å². The Kier molecular flexibility index (Phi) is 2.50. The molecule has 0 aliphatic heterocycles. The lowest BCUT2D eigenvalue weighted by molar-refractivity contribution is -0.222. The van der Waals surface area contributed by atoms with Crippen LogP contribution in [0.2, 0.25) is 0 Å². The summed E-state index contributed by atoms with van der Waals surface area (Å²) < 4.78 is 0. The van der Waals surface area contributed by atoms with Crippen molar-refractivity contribution in [3.8, 4) is 0 Å². The number of rotatable bonds is 2. The van der Waals surface area contributed by atoms with E-state index >= 15 is 0 Å². The van der Waals surface area contributed by atoms with Crippen molar-refractivity contribution in [1.29, 1.82) is 0 Å². The molecule has 1 aliphatic rings. The zero-order valence-electron chi connectivity index (χ0n) is 9.76. The lowest BCUT2D eigenvalue weighted by Gasteiger charge is -2.65. The van der Waals surface area contributed by atoms with Gasteiger partial charge in [-0.1, -0.05) is 27.7 Å². The van der Waals surface area contributed by atoms with E-state index in [4.69, 9.17) is 0 Å². The predicted molar refractivity (Wildman–Crippen MR) is 55.7 cm³/mol. The van der Waals surface area contributed by atoms with Crippen LogP contribution in [-0.2, 0) is 0 Å². The molecule has 13 heavy (non-hydrogen) atoms. The second kappa shape index (κ2) is 2.96. The smallest absolute Gasteiger partial charge is 0.0674 e. The second-order valence-corrected chi connectivity index (χ2v) is 5.45. The molecule has 3 unspecified atom stereocenters. The molecule has 2 heteroatoms. The first kappa shape index (κ1) is 11.0. The Hall–Kier alpha value is -0.0800. The molecule has 0 amide bonds. The third-order valence-electron chi connectivity index (χ3n) is 3.94. The highest BCUT2D eigenvalue weighted by atomic mass is 16.3. The summed E-state index contributed by atoms with van der Waals surface area (Å²) in [6, 6.07) is 0.486. The number of nitrogens with zero attached hydrogens (tertiary/aromatic N) is 1. The van der Waals surface area contributed by atoms with E-state index in [2.05, 4.69) is 46.7 Å². The van der Waals surface area contributed by atoms with E-state index in [-0.39, 0.29) is 16.9 Å². The summed E-state index contributed by atoms with van der Waals surface area (Å²) in [6.07, 6.45) is 0.873. The van der Waals surface area contributed by atoms with Gasteiger partial charge in [-0.25, -0.2) is 0 Å². The lowest BCUT2D eigenvalue weighted by atomic mass is 9.47. The molecule has 78 valence electrons. The van der Waals surface area contributed by atoms with Crippen molar-refractivity contribution >= 4 is 0 Å². The standard InChI is InChI=1S/C11H23NO/c1-7-11(4)8(12(5)6)10(2,3)9(11)13/h8-9,13H,7H2,1-6H3. The highest BCUT2D eigenvalue weighted by Crippen LogP contribution is 2.57. The molecular weight excluding hydrogens is 162 g/mol. The Labute approximate surface area is 81.9 Å². The molecule has 0 aromatic rings. The minimum Gasteiger partial charge on any atom is -0.392 e. The number of hydrogen-bond donors (Lipinski definition) is 1. The third kappa shape index (κ3) is 1.23. The SMILES string of the molecule is CCC1(C)C(O)C(C)(C)C1N(C)C. The van der Waals surface area contributed by atoms with Crippen LogP contribution in [-0.4, -0.2) is 36.2 Å². The highest BCUT2D eigenvalue weighted by Gasteiger charge is 2.63. The van der Waals surface area contributed by atoms with E-state index in [1.165, 1.54) is 0 Å². The van der Waals surface area contributed by atoms with Gasteiger partial charge in [-0.05, 0) is 20.5 Å². The van der Waals surface area contributed by atoms with Crippen molar-refractivity contribution in [2.75, 3.05) is 14.1 Å². The molecule has 1 saturated carbocycles. The summed E-state index contributed by atoms with van der Waals surface area (Å²) in [5.41, 5.74) is 0.112. The van der Waals surface area contributed by atoms with Crippen molar-refractivity contribution in [1.82, 2.24) is 4.90 Å². The fourth-order valence-corrected chi connectivity index (χ4v) is 3.54. The molecule has 1 rings (SSSR count). The molecule has 0 radical (unpaired) electrons. The molecule has 0 saturated heterocycles. The molecule has 0 aromatic heterocycles. The van der Waals surface area contributed by atoms with Gasteiger partial charge in [0.1, 0.15) is 0 Å². The normalized spacial score (nSPS) is 43.4. The third-order valence-corrected chi connectivity index (χ3v) is 3.94. The van der Waals surface area contributed by atoms with Crippen LogP contribution in [0.25, 0.3) is 0 Å². The van der Waals surface area contributed by atoms with Crippen LogP contribution in [0, 0.1) is 10.8 Å². The summed E-state index contributed by atoms with van der Waals surface area (Å²) >= 11 is 0.